The number of furan rings is 1. The molecule has 6 heteroatoms. The van der Waals surface area contributed by atoms with Crippen molar-refractivity contribution < 1.29 is 4.42 Å². The van der Waals surface area contributed by atoms with E-state index in [9.17, 15) is 0 Å². The first-order valence-electron chi connectivity index (χ1n) is 6.21. The summed E-state index contributed by atoms with van der Waals surface area (Å²) in [6.45, 7) is 7.41. The minimum absolute atomic E-state index is 0. The lowest BCUT2D eigenvalue weighted by molar-refractivity contribution is 0.375. The summed E-state index contributed by atoms with van der Waals surface area (Å²) in [4.78, 5) is 6.70. The van der Waals surface area contributed by atoms with Crippen LogP contribution in [-0.4, -0.2) is 41.5 Å². The van der Waals surface area contributed by atoms with Gasteiger partial charge in [0.2, 0.25) is 0 Å². The van der Waals surface area contributed by atoms with Crippen molar-refractivity contribution >= 4 is 41.7 Å². The molecule has 2 rings (SSSR count). The van der Waals surface area contributed by atoms with E-state index >= 15 is 0 Å². The minimum atomic E-state index is 0. The molecule has 1 N–H and O–H groups in total. The monoisotopic (exact) mass is 395 g/mol. The SMILES string of the molecule is CN=C(NCc1ccoc1)N1CCSC(C)(C)C1.I. The molecule has 2 heterocycles. The third-order valence-corrected chi connectivity index (χ3v) is 4.26. The average molecular weight is 395 g/mol. The molecular formula is C13H22IN3OS. The fourth-order valence-corrected chi connectivity index (χ4v) is 3.22. The standard InChI is InChI=1S/C13H21N3OS.HI/c1-13(2)10-16(5-7-18-13)12(14-3)15-8-11-4-6-17-9-11;/h4,6,9H,5,7-8,10H2,1-3H3,(H,14,15);1H. The second kappa shape index (κ2) is 7.42. The molecule has 0 bridgehead atoms. The Morgan fingerprint density at radius 2 is 2.37 bits per heavy atom. The normalized spacial score (nSPS) is 18.9. The molecule has 0 atom stereocenters. The van der Waals surface area contributed by atoms with Gasteiger partial charge in [0.05, 0.1) is 12.5 Å². The van der Waals surface area contributed by atoms with Crippen LogP contribution in [0.5, 0.6) is 0 Å². The van der Waals surface area contributed by atoms with E-state index in [1.54, 1.807) is 12.5 Å². The van der Waals surface area contributed by atoms with Crippen LogP contribution in [0, 0.1) is 0 Å². The predicted octanol–water partition coefficient (Wildman–Crippen LogP) is 2.80. The average Bonchev–Trinajstić information content (AvgIpc) is 2.81. The van der Waals surface area contributed by atoms with E-state index in [1.807, 2.05) is 24.9 Å². The summed E-state index contributed by atoms with van der Waals surface area (Å²) < 4.78 is 5.36. The van der Waals surface area contributed by atoms with E-state index < -0.39 is 0 Å². The first-order chi connectivity index (χ1) is 8.61. The third-order valence-electron chi connectivity index (χ3n) is 2.97. The lowest BCUT2D eigenvalue weighted by Gasteiger charge is -2.39. The quantitative estimate of drug-likeness (QED) is 0.475. The van der Waals surface area contributed by atoms with Gasteiger partial charge in [-0.2, -0.15) is 11.8 Å². The second-order valence-corrected chi connectivity index (χ2v) is 6.86. The van der Waals surface area contributed by atoms with Gasteiger partial charge in [-0.1, -0.05) is 0 Å². The van der Waals surface area contributed by atoms with Crippen molar-refractivity contribution in [2.24, 2.45) is 4.99 Å². The summed E-state index contributed by atoms with van der Waals surface area (Å²) in [5, 5.41) is 3.39. The zero-order valence-corrected chi connectivity index (χ0v) is 14.8. The Hall–Kier alpha value is -0.370. The highest BCUT2D eigenvalue weighted by Gasteiger charge is 2.28. The van der Waals surface area contributed by atoms with Crippen molar-refractivity contribution in [1.82, 2.24) is 10.2 Å². The van der Waals surface area contributed by atoms with E-state index in [4.69, 9.17) is 4.42 Å². The van der Waals surface area contributed by atoms with Gasteiger partial charge in [-0.3, -0.25) is 4.99 Å². The summed E-state index contributed by atoms with van der Waals surface area (Å²) in [5.74, 6) is 2.13. The summed E-state index contributed by atoms with van der Waals surface area (Å²) in [5.41, 5.74) is 1.14. The highest BCUT2D eigenvalue weighted by molar-refractivity contribution is 14.0. The van der Waals surface area contributed by atoms with E-state index in [0.29, 0.717) is 4.75 Å². The highest BCUT2D eigenvalue weighted by atomic mass is 127. The van der Waals surface area contributed by atoms with Crippen LogP contribution in [0.4, 0.5) is 0 Å². The van der Waals surface area contributed by atoms with Crippen LogP contribution in [0.3, 0.4) is 0 Å². The fourth-order valence-electron chi connectivity index (χ4n) is 2.10. The maximum absolute atomic E-state index is 5.06. The van der Waals surface area contributed by atoms with Crippen LogP contribution >= 0.6 is 35.7 Å². The summed E-state index contributed by atoms with van der Waals surface area (Å²) >= 11 is 2.03. The lowest BCUT2D eigenvalue weighted by atomic mass is 10.2. The Morgan fingerprint density at radius 3 is 2.95 bits per heavy atom. The smallest absolute Gasteiger partial charge is 0.193 e. The number of guanidine groups is 1. The first kappa shape index (κ1) is 16.7. The summed E-state index contributed by atoms with van der Waals surface area (Å²) in [7, 11) is 1.84. The Bertz CT molecular complexity index is 406. The van der Waals surface area contributed by atoms with Crippen molar-refractivity contribution in [3.63, 3.8) is 0 Å². The molecule has 0 aliphatic carbocycles. The molecule has 1 aliphatic rings. The molecule has 0 unspecified atom stereocenters. The molecule has 1 saturated heterocycles. The molecule has 0 radical (unpaired) electrons. The number of hydrogen-bond acceptors (Lipinski definition) is 3. The number of hydrogen-bond donors (Lipinski definition) is 1. The molecule has 108 valence electrons. The number of aliphatic imine (C=N–C) groups is 1. The molecule has 4 nitrogen and oxygen atoms in total. The molecule has 0 amide bonds. The van der Waals surface area contributed by atoms with Crippen LogP contribution in [0.1, 0.15) is 19.4 Å². The Balaban J connectivity index is 0.00000180. The van der Waals surface area contributed by atoms with E-state index in [1.165, 1.54) is 0 Å². The van der Waals surface area contributed by atoms with Crippen molar-refractivity contribution in [3.8, 4) is 0 Å². The van der Waals surface area contributed by atoms with Gasteiger partial charge in [0.15, 0.2) is 5.96 Å². The van der Waals surface area contributed by atoms with Gasteiger partial charge in [0.1, 0.15) is 0 Å². The van der Waals surface area contributed by atoms with Crippen LogP contribution < -0.4 is 5.32 Å². The van der Waals surface area contributed by atoms with Crippen LogP contribution in [-0.2, 0) is 6.54 Å². The number of thioether (sulfide) groups is 1. The van der Waals surface area contributed by atoms with Crippen molar-refractivity contribution in [2.45, 2.75) is 25.1 Å². The predicted molar refractivity (Wildman–Crippen MR) is 92.4 cm³/mol. The summed E-state index contributed by atoms with van der Waals surface area (Å²) in [6.07, 6.45) is 3.46. The molecule has 0 aromatic carbocycles. The molecular weight excluding hydrogens is 373 g/mol. The largest absolute Gasteiger partial charge is 0.472 e. The van der Waals surface area contributed by atoms with Crippen molar-refractivity contribution in [2.75, 3.05) is 25.9 Å². The van der Waals surface area contributed by atoms with Gasteiger partial charge in [0, 0.05) is 42.7 Å². The van der Waals surface area contributed by atoms with Gasteiger partial charge < -0.3 is 14.6 Å². The zero-order valence-electron chi connectivity index (χ0n) is 11.7. The minimum Gasteiger partial charge on any atom is -0.472 e. The van der Waals surface area contributed by atoms with Gasteiger partial charge in [0.25, 0.3) is 0 Å². The summed E-state index contributed by atoms with van der Waals surface area (Å²) in [6, 6.07) is 1.97. The highest BCUT2D eigenvalue weighted by Crippen LogP contribution is 2.29. The third kappa shape index (κ3) is 4.91. The van der Waals surface area contributed by atoms with Crippen LogP contribution in [0.25, 0.3) is 0 Å². The van der Waals surface area contributed by atoms with Crippen LogP contribution in [0.2, 0.25) is 0 Å². The molecule has 0 saturated carbocycles. The zero-order chi connectivity index (χ0) is 13.0. The maximum atomic E-state index is 5.06. The molecule has 0 spiro atoms. The number of nitrogens with one attached hydrogen (secondary N) is 1. The molecule has 1 fully saturated rings. The van der Waals surface area contributed by atoms with E-state index in [-0.39, 0.29) is 24.0 Å². The van der Waals surface area contributed by atoms with Gasteiger partial charge in [-0.05, 0) is 19.9 Å². The Labute approximate surface area is 136 Å². The number of nitrogens with zero attached hydrogens (tertiary/aromatic N) is 2. The topological polar surface area (TPSA) is 40.8 Å². The fraction of sp³-hybridized carbons (Fsp3) is 0.615. The molecule has 19 heavy (non-hydrogen) atoms. The second-order valence-electron chi connectivity index (χ2n) is 5.06. The number of rotatable bonds is 2. The Kier molecular flexibility index (Phi) is 6.52. The first-order valence-corrected chi connectivity index (χ1v) is 7.20. The van der Waals surface area contributed by atoms with Crippen molar-refractivity contribution in [1.29, 1.82) is 0 Å². The number of halogens is 1. The van der Waals surface area contributed by atoms with E-state index in [2.05, 4.69) is 29.1 Å². The molecule has 1 aromatic rings. The van der Waals surface area contributed by atoms with Gasteiger partial charge in [-0.25, -0.2) is 0 Å². The maximum Gasteiger partial charge on any atom is 0.193 e. The molecule has 1 aliphatic heterocycles. The molecule has 1 aromatic heterocycles. The van der Waals surface area contributed by atoms with Crippen LogP contribution in [0.15, 0.2) is 28.0 Å². The van der Waals surface area contributed by atoms with Crippen molar-refractivity contribution in [3.05, 3.63) is 24.2 Å². The van der Waals surface area contributed by atoms with E-state index in [0.717, 1.165) is 36.9 Å². The van der Waals surface area contributed by atoms with Gasteiger partial charge in [-0.15, -0.1) is 24.0 Å². The Morgan fingerprint density at radius 1 is 1.58 bits per heavy atom. The lowest BCUT2D eigenvalue weighted by Crippen LogP contribution is -2.50. The van der Waals surface area contributed by atoms with Gasteiger partial charge >= 0.3 is 0 Å².